The van der Waals surface area contributed by atoms with Gasteiger partial charge < -0.3 is 5.32 Å². The molecule has 21 heavy (non-hydrogen) atoms. The van der Waals surface area contributed by atoms with Gasteiger partial charge in [-0.05, 0) is 38.1 Å². The molecule has 0 heterocycles. The van der Waals surface area contributed by atoms with Gasteiger partial charge in [-0.1, -0.05) is 84.5 Å². The van der Waals surface area contributed by atoms with Crippen LogP contribution in [0.2, 0.25) is 0 Å². The smallest absolute Gasteiger partial charge is 0.00923 e. The normalized spacial score (nSPS) is 24.1. The van der Waals surface area contributed by atoms with Crippen LogP contribution in [0, 0.1) is 11.8 Å². The van der Waals surface area contributed by atoms with E-state index >= 15 is 0 Å². The highest BCUT2D eigenvalue weighted by Crippen LogP contribution is 2.33. The summed E-state index contributed by atoms with van der Waals surface area (Å²) in [5.41, 5.74) is 0. The molecule has 0 amide bonds. The minimum absolute atomic E-state index is 0.794. The first-order valence-corrected chi connectivity index (χ1v) is 9.99. The van der Waals surface area contributed by atoms with Gasteiger partial charge in [0.1, 0.15) is 0 Å². The number of hydrogen-bond donors (Lipinski definition) is 1. The fraction of sp³-hybridized carbons (Fsp3) is 1.00. The molecule has 1 nitrogen and oxygen atoms in total. The summed E-state index contributed by atoms with van der Waals surface area (Å²) in [4.78, 5) is 0. The van der Waals surface area contributed by atoms with Gasteiger partial charge in [0, 0.05) is 6.04 Å². The Kier molecular flexibility index (Phi) is 11.3. The topological polar surface area (TPSA) is 12.0 Å². The van der Waals surface area contributed by atoms with E-state index in [1.54, 1.807) is 0 Å². The molecule has 1 heteroatoms. The standard InChI is InChI=1S/C20H41N/c1-4-6-7-8-9-10-11-12-13-20(21-3)19-16-14-18(5-2)15-17-19/h18-21H,4-17H2,1-3H3. The van der Waals surface area contributed by atoms with Gasteiger partial charge in [-0.25, -0.2) is 0 Å². The van der Waals surface area contributed by atoms with Crippen molar-refractivity contribution in [2.24, 2.45) is 11.8 Å². The van der Waals surface area contributed by atoms with Crippen LogP contribution in [0.1, 0.15) is 104 Å². The van der Waals surface area contributed by atoms with Crippen molar-refractivity contribution in [2.75, 3.05) is 7.05 Å². The molecule has 0 aromatic rings. The molecule has 1 rings (SSSR count). The second-order valence-electron chi connectivity index (χ2n) is 7.35. The number of hydrogen-bond acceptors (Lipinski definition) is 1. The van der Waals surface area contributed by atoms with Crippen molar-refractivity contribution in [3.8, 4) is 0 Å². The van der Waals surface area contributed by atoms with E-state index in [1.807, 2.05) is 0 Å². The highest BCUT2D eigenvalue weighted by Gasteiger charge is 2.25. The monoisotopic (exact) mass is 295 g/mol. The number of unbranched alkanes of at least 4 members (excludes halogenated alkanes) is 7. The zero-order valence-electron chi connectivity index (χ0n) is 15.1. The average Bonchev–Trinajstić information content (AvgIpc) is 2.54. The maximum Gasteiger partial charge on any atom is 0.00923 e. The van der Waals surface area contributed by atoms with E-state index in [9.17, 15) is 0 Å². The fourth-order valence-corrected chi connectivity index (χ4v) is 4.11. The summed E-state index contributed by atoms with van der Waals surface area (Å²) in [6.45, 7) is 4.66. The van der Waals surface area contributed by atoms with Crippen LogP contribution in [0.15, 0.2) is 0 Å². The molecular formula is C20H41N. The second kappa shape index (κ2) is 12.5. The molecule has 1 N–H and O–H groups in total. The van der Waals surface area contributed by atoms with E-state index in [1.165, 1.54) is 89.9 Å². The van der Waals surface area contributed by atoms with Gasteiger partial charge >= 0.3 is 0 Å². The average molecular weight is 296 g/mol. The highest BCUT2D eigenvalue weighted by molar-refractivity contribution is 4.80. The Morgan fingerprint density at radius 2 is 1.38 bits per heavy atom. The zero-order chi connectivity index (χ0) is 15.3. The van der Waals surface area contributed by atoms with Crippen molar-refractivity contribution in [3.63, 3.8) is 0 Å². The molecule has 0 aliphatic heterocycles. The summed E-state index contributed by atoms with van der Waals surface area (Å²) < 4.78 is 0. The number of nitrogens with one attached hydrogen (secondary N) is 1. The summed E-state index contributed by atoms with van der Waals surface area (Å²) >= 11 is 0. The third-order valence-corrected chi connectivity index (χ3v) is 5.78. The van der Waals surface area contributed by atoms with Gasteiger partial charge in [-0.3, -0.25) is 0 Å². The summed E-state index contributed by atoms with van der Waals surface area (Å²) in [5.74, 6) is 1.99. The van der Waals surface area contributed by atoms with E-state index in [-0.39, 0.29) is 0 Å². The quantitative estimate of drug-likeness (QED) is 0.415. The van der Waals surface area contributed by atoms with Gasteiger partial charge in [-0.2, -0.15) is 0 Å². The molecule has 0 spiro atoms. The van der Waals surface area contributed by atoms with Crippen LogP contribution in [-0.4, -0.2) is 13.1 Å². The summed E-state index contributed by atoms with van der Waals surface area (Å²) in [6.07, 6.45) is 20.3. The second-order valence-corrected chi connectivity index (χ2v) is 7.35. The Hall–Kier alpha value is -0.0400. The van der Waals surface area contributed by atoms with Gasteiger partial charge in [0.2, 0.25) is 0 Å². The molecule has 126 valence electrons. The molecule has 0 radical (unpaired) electrons. The van der Waals surface area contributed by atoms with Crippen molar-refractivity contribution >= 4 is 0 Å². The Labute approximate surface area is 134 Å². The molecule has 1 fully saturated rings. The fourth-order valence-electron chi connectivity index (χ4n) is 4.11. The van der Waals surface area contributed by atoms with Gasteiger partial charge in [0.25, 0.3) is 0 Å². The summed E-state index contributed by atoms with van der Waals surface area (Å²) in [6, 6.07) is 0.794. The van der Waals surface area contributed by atoms with Crippen LogP contribution in [0.5, 0.6) is 0 Å². The largest absolute Gasteiger partial charge is 0.317 e. The van der Waals surface area contributed by atoms with Crippen LogP contribution < -0.4 is 5.32 Å². The van der Waals surface area contributed by atoms with E-state index in [0.29, 0.717) is 0 Å². The van der Waals surface area contributed by atoms with Crippen LogP contribution in [0.3, 0.4) is 0 Å². The molecule has 1 atom stereocenters. The lowest BCUT2D eigenvalue weighted by Crippen LogP contribution is -2.35. The van der Waals surface area contributed by atoms with E-state index in [4.69, 9.17) is 0 Å². The van der Waals surface area contributed by atoms with Gasteiger partial charge in [0.15, 0.2) is 0 Å². The number of rotatable bonds is 12. The molecule has 0 aromatic carbocycles. The maximum absolute atomic E-state index is 3.62. The van der Waals surface area contributed by atoms with Crippen LogP contribution in [0.25, 0.3) is 0 Å². The first-order valence-electron chi connectivity index (χ1n) is 9.99. The lowest BCUT2D eigenvalue weighted by atomic mass is 9.76. The van der Waals surface area contributed by atoms with Crippen molar-refractivity contribution in [3.05, 3.63) is 0 Å². The highest BCUT2D eigenvalue weighted by atomic mass is 14.9. The predicted molar refractivity (Wildman–Crippen MR) is 95.8 cm³/mol. The molecule has 1 saturated carbocycles. The molecule has 1 aliphatic carbocycles. The van der Waals surface area contributed by atoms with Crippen LogP contribution >= 0.6 is 0 Å². The van der Waals surface area contributed by atoms with Crippen molar-refractivity contribution in [1.82, 2.24) is 5.32 Å². The summed E-state index contributed by atoms with van der Waals surface area (Å²) in [5, 5.41) is 3.62. The van der Waals surface area contributed by atoms with Crippen molar-refractivity contribution in [2.45, 2.75) is 110 Å². The van der Waals surface area contributed by atoms with E-state index in [0.717, 1.165) is 17.9 Å². The lowest BCUT2D eigenvalue weighted by molar-refractivity contribution is 0.214. The maximum atomic E-state index is 3.62. The Morgan fingerprint density at radius 1 is 0.810 bits per heavy atom. The minimum atomic E-state index is 0.794. The first kappa shape index (κ1) is 19.0. The molecule has 0 aromatic heterocycles. The van der Waals surface area contributed by atoms with Crippen molar-refractivity contribution in [1.29, 1.82) is 0 Å². The van der Waals surface area contributed by atoms with Crippen LogP contribution in [0.4, 0.5) is 0 Å². The lowest BCUT2D eigenvalue weighted by Gasteiger charge is -2.33. The molecule has 1 aliphatic rings. The molecular weight excluding hydrogens is 254 g/mol. The van der Waals surface area contributed by atoms with Gasteiger partial charge in [0.05, 0.1) is 0 Å². The Balaban J connectivity index is 2.03. The van der Waals surface area contributed by atoms with Crippen LogP contribution in [-0.2, 0) is 0 Å². The molecule has 0 saturated heterocycles. The SMILES string of the molecule is CCCCCCCCCCC(NC)C1CCC(CC)CC1. The van der Waals surface area contributed by atoms with E-state index in [2.05, 4.69) is 26.2 Å². The minimum Gasteiger partial charge on any atom is -0.317 e. The summed E-state index contributed by atoms with van der Waals surface area (Å²) in [7, 11) is 2.18. The van der Waals surface area contributed by atoms with Crippen molar-refractivity contribution < 1.29 is 0 Å². The zero-order valence-corrected chi connectivity index (χ0v) is 15.1. The third-order valence-electron chi connectivity index (χ3n) is 5.78. The Morgan fingerprint density at radius 3 is 1.90 bits per heavy atom. The molecule has 0 bridgehead atoms. The molecule has 1 unspecified atom stereocenters. The predicted octanol–water partition coefficient (Wildman–Crippen LogP) is 6.32. The third kappa shape index (κ3) is 8.24. The Bertz CT molecular complexity index is 218. The van der Waals surface area contributed by atoms with E-state index < -0.39 is 0 Å². The van der Waals surface area contributed by atoms with Gasteiger partial charge in [-0.15, -0.1) is 0 Å². The first-order chi connectivity index (χ1) is 10.3.